The van der Waals surface area contributed by atoms with Crippen molar-refractivity contribution in [3.63, 3.8) is 0 Å². The molecule has 0 amide bonds. The monoisotopic (exact) mass is 195 g/mol. The van der Waals surface area contributed by atoms with Gasteiger partial charge in [-0.15, -0.1) is 0 Å². The Morgan fingerprint density at radius 1 is 1.00 bits per heavy atom. The second-order valence-electron chi connectivity index (χ2n) is 5.29. The lowest BCUT2D eigenvalue weighted by Crippen LogP contribution is -2.51. The van der Waals surface area contributed by atoms with Crippen molar-refractivity contribution in [3.05, 3.63) is 0 Å². The lowest BCUT2D eigenvalue weighted by molar-refractivity contribution is -0.0914. The minimum atomic E-state index is 0.864. The third-order valence-corrected chi connectivity index (χ3v) is 4.48. The average molecular weight is 195 g/mol. The highest BCUT2D eigenvalue weighted by Crippen LogP contribution is 2.39. The summed E-state index contributed by atoms with van der Waals surface area (Å²) < 4.78 is 5.54. The summed E-state index contributed by atoms with van der Waals surface area (Å²) in [4.78, 5) is 2.59. The van der Waals surface area contributed by atoms with Gasteiger partial charge in [0.15, 0.2) is 0 Å². The molecule has 0 unspecified atom stereocenters. The van der Waals surface area contributed by atoms with Crippen molar-refractivity contribution in [1.82, 2.24) is 4.90 Å². The Morgan fingerprint density at radius 3 is 2.79 bits per heavy atom. The fourth-order valence-electron chi connectivity index (χ4n) is 3.64. The van der Waals surface area contributed by atoms with Crippen LogP contribution in [0.3, 0.4) is 0 Å². The van der Waals surface area contributed by atoms with Gasteiger partial charge in [0.2, 0.25) is 0 Å². The highest BCUT2D eigenvalue weighted by molar-refractivity contribution is 4.89. The number of piperidine rings is 1. The van der Waals surface area contributed by atoms with Gasteiger partial charge in [0.25, 0.3) is 0 Å². The Morgan fingerprint density at radius 2 is 1.86 bits per heavy atom. The highest BCUT2D eigenvalue weighted by atomic mass is 16.5. The smallest absolute Gasteiger partial charge is 0.0992 e. The van der Waals surface area contributed by atoms with E-state index in [2.05, 4.69) is 4.90 Å². The predicted molar refractivity (Wildman–Crippen MR) is 56.0 cm³/mol. The van der Waals surface area contributed by atoms with E-state index < -0.39 is 0 Å². The van der Waals surface area contributed by atoms with E-state index in [1.807, 2.05) is 0 Å². The van der Waals surface area contributed by atoms with E-state index in [0.29, 0.717) is 0 Å². The maximum atomic E-state index is 5.54. The van der Waals surface area contributed by atoms with Crippen LogP contribution in [-0.4, -0.2) is 30.8 Å². The molecule has 14 heavy (non-hydrogen) atoms. The van der Waals surface area contributed by atoms with E-state index in [0.717, 1.165) is 31.2 Å². The van der Waals surface area contributed by atoms with Crippen LogP contribution >= 0.6 is 0 Å². The molecular formula is C12H21NO. The number of fused-ring (bicyclic) bond motifs is 2. The first-order valence-electron chi connectivity index (χ1n) is 6.25. The van der Waals surface area contributed by atoms with Crippen LogP contribution in [0.1, 0.15) is 38.5 Å². The van der Waals surface area contributed by atoms with E-state index in [-0.39, 0.29) is 0 Å². The van der Waals surface area contributed by atoms with Gasteiger partial charge in [-0.2, -0.15) is 0 Å². The molecule has 1 saturated carbocycles. The van der Waals surface area contributed by atoms with Crippen LogP contribution in [-0.2, 0) is 4.74 Å². The molecule has 2 heteroatoms. The first kappa shape index (κ1) is 9.17. The van der Waals surface area contributed by atoms with Gasteiger partial charge in [0.05, 0.1) is 6.73 Å². The molecule has 3 rings (SSSR count). The van der Waals surface area contributed by atoms with Gasteiger partial charge in [-0.3, -0.25) is 4.90 Å². The van der Waals surface area contributed by atoms with Crippen LogP contribution in [0.4, 0.5) is 0 Å². The van der Waals surface area contributed by atoms with Crippen molar-refractivity contribution in [2.75, 3.05) is 19.9 Å². The first-order chi connectivity index (χ1) is 6.93. The minimum Gasteiger partial charge on any atom is -0.366 e. The Hall–Kier alpha value is -0.0800. The molecule has 80 valence electrons. The molecule has 0 N–H and O–H groups in total. The maximum Gasteiger partial charge on any atom is 0.0992 e. The number of nitrogens with zero attached hydrogens (tertiary/aromatic N) is 1. The summed E-state index contributed by atoms with van der Waals surface area (Å²) in [6.07, 6.45) is 8.70. The molecule has 1 aliphatic carbocycles. The van der Waals surface area contributed by atoms with Gasteiger partial charge in [0.1, 0.15) is 0 Å². The van der Waals surface area contributed by atoms with Crippen molar-refractivity contribution in [2.24, 2.45) is 11.8 Å². The summed E-state index contributed by atoms with van der Waals surface area (Å²) in [5.41, 5.74) is 0. The Labute approximate surface area is 86.6 Å². The normalized spacial score (nSPS) is 44.1. The second-order valence-corrected chi connectivity index (χ2v) is 5.29. The van der Waals surface area contributed by atoms with Crippen LogP contribution in [0.15, 0.2) is 0 Å². The third-order valence-electron chi connectivity index (χ3n) is 4.48. The molecule has 3 atom stereocenters. The average Bonchev–Trinajstić information content (AvgIpc) is 2.26. The Balaban J connectivity index is 1.68. The molecule has 0 aromatic rings. The van der Waals surface area contributed by atoms with E-state index in [4.69, 9.17) is 4.74 Å². The molecule has 2 saturated heterocycles. The molecule has 3 fully saturated rings. The molecule has 0 bridgehead atoms. The van der Waals surface area contributed by atoms with Crippen molar-refractivity contribution < 1.29 is 4.74 Å². The van der Waals surface area contributed by atoms with Crippen LogP contribution in [0.2, 0.25) is 0 Å². The van der Waals surface area contributed by atoms with Gasteiger partial charge >= 0.3 is 0 Å². The molecule has 0 aromatic heterocycles. The summed E-state index contributed by atoms with van der Waals surface area (Å²) in [6, 6.07) is 0.864. The lowest BCUT2D eigenvalue weighted by Gasteiger charge is -2.47. The van der Waals surface area contributed by atoms with Crippen molar-refractivity contribution in [2.45, 2.75) is 44.6 Å². The van der Waals surface area contributed by atoms with Gasteiger partial charge in [-0.25, -0.2) is 0 Å². The van der Waals surface area contributed by atoms with Gasteiger partial charge < -0.3 is 4.74 Å². The Kier molecular flexibility index (Phi) is 2.50. The van der Waals surface area contributed by atoms with E-state index in [9.17, 15) is 0 Å². The fraction of sp³-hybridized carbons (Fsp3) is 1.00. The molecule has 3 aliphatic rings. The van der Waals surface area contributed by atoms with Crippen molar-refractivity contribution in [3.8, 4) is 0 Å². The summed E-state index contributed by atoms with van der Waals surface area (Å²) in [6.45, 7) is 3.24. The minimum absolute atomic E-state index is 0.864. The van der Waals surface area contributed by atoms with Crippen LogP contribution in [0.5, 0.6) is 0 Å². The van der Waals surface area contributed by atoms with E-state index in [1.54, 1.807) is 0 Å². The van der Waals surface area contributed by atoms with Crippen molar-refractivity contribution in [1.29, 1.82) is 0 Å². The zero-order valence-electron chi connectivity index (χ0n) is 8.95. The summed E-state index contributed by atoms with van der Waals surface area (Å²) in [5.74, 6) is 2.06. The second kappa shape index (κ2) is 3.82. The first-order valence-corrected chi connectivity index (χ1v) is 6.25. The standard InChI is InChI=1S/C12H21NO/c1-2-4-11-8-13-9-14-6-5-12(13)7-10(11)3-1/h10-12H,1-9H2/t10-,11-,12-/m1/s1. The molecule has 0 spiro atoms. The highest BCUT2D eigenvalue weighted by Gasteiger charge is 2.37. The number of hydrogen-bond acceptors (Lipinski definition) is 2. The summed E-state index contributed by atoms with van der Waals surface area (Å²) in [5, 5.41) is 0. The molecule has 0 radical (unpaired) electrons. The Bertz CT molecular complexity index is 164. The lowest BCUT2D eigenvalue weighted by atomic mass is 9.72. The summed E-state index contributed by atoms with van der Waals surface area (Å²) >= 11 is 0. The third kappa shape index (κ3) is 1.59. The van der Waals surface area contributed by atoms with Crippen LogP contribution in [0.25, 0.3) is 0 Å². The fourth-order valence-corrected chi connectivity index (χ4v) is 3.64. The van der Waals surface area contributed by atoms with Gasteiger partial charge in [0, 0.05) is 19.2 Å². The SMILES string of the molecule is C1CC[C@@H]2CN3COCC[C@@H]3C[C@H]2C1. The summed E-state index contributed by atoms with van der Waals surface area (Å²) in [7, 11) is 0. The van der Waals surface area contributed by atoms with Gasteiger partial charge in [-0.1, -0.05) is 19.3 Å². The quantitative estimate of drug-likeness (QED) is 0.588. The van der Waals surface area contributed by atoms with Crippen LogP contribution < -0.4 is 0 Å². The van der Waals surface area contributed by atoms with Crippen molar-refractivity contribution >= 4 is 0 Å². The van der Waals surface area contributed by atoms with E-state index >= 15 is 0 Å². The molecule has 2 nitrogen and oxygen atoms in total. The predicted octanol–water partition coefficient (Wildman–Crippen LogP) is 2.24. The van der Waals surface area contributed by atoms with E-state index in [1.165, 1.54) is 45.1 Å². The molecular weight excluding hydrogens is 174 g/mol. The van der Waals surface area contributed by atoms with Crippen LogP contribution in [0, 0.1) is 11.8 Å². The maximum absolute atomic E-state index is 5.54. The number of ether oxygens (including phenoxy) is 1. The molecule has 0 aromatic carbocycles. The zero-order valence-corrected chi connectivity index (χ0v) is 8.95. The number of hydrogen-bond donors (Lipinski definition) is 0. The topological polar surface area (TPSA) is 12.5 Å². The molecule has 2 aliphatic heterocycles. The number of rotatable bonds is 0. The van der Waals surface area contributed by atoms with Gasteiger partial charge in [-0.05, 0) is 31.1 Å². The zero-order chi connectivity index (χ0) is 9.38. The molecule has 2 heterocycles. The largest absolute Gasteiger partial charge is 0.366 e.